The van der Waals surface area contributed by atoms with Crippen LogP contribution in [0.2, 0.25) is 5.15 Å². The molecular weight excluding hydrogens is 728 g/mol. The molecule has 0 spiro atoms. The normalized spacial score (nSPS) is 11.6. The van der Waals surface area contributed by atoms with E-state index >= 15 is 0 Å². The zero-order chi connectivity index (χ0) is 36.6. The Labute approximate surface area is 305 Å². The highest BCUT2D eigenvalue weighted by Crippen LogP contribution is 2.24. The molecule has 2 heterocycles. The lowest BCUT2D eigenvalue weighted by atomic mass is 9.98. The van der Waals surface area contributed by atoms with Crippen molar-refractivity contribution in [1.82, 2.24) is 20.6 Å². The number of carbonyl (C=O) groups is 4. The van der Waals surface area contributed by atoms with Crippen molar-refractivity contribution in [3.05, 3.63) is 122 Å². The molecule has 0 radical (unpaired) electrons. The van der Waals surface area contributed by atoms with Gasteiger partial charge in [-0.1, -0.05) is 60.1 Å². The number of benzene rings is 2. The van der Waals surface area contributed by atoms with Crippen LogP contribution in [0.25, 0.3) is 0 Å². The molecule has 2 N–H and O–H groups in total. The second-order valence-corrected chi connectivity index (χ2v) is 12.2. The van der Waals surface area contributed by atoms with Crippen LogP contribution >= 0.6 is 27.5 Å². The van der Waals surface area contributed by atoms with E-state index in [0.717, 1.165) is 22.3 Å². The van der Waals surface area contributed by atoms with Crippen LogP contribution in [0.4, 0.5) is 0 Å². The summed E-state index contributed by atoms with van der Waals surface area (Å²) in [6.45, 7) is 7.95. The first-order chi connectivity index (χ1) is 23.9. The molecule has 0 aliphatic rings. The minimum Gasteiger partial charge on any atom is -0.481 e. The van der Waals surface area contributed by atoms with Crippen molar-refractivity contribution in [3.63, 3.8) is 0 Å². The number of aromatic nitrogens is 2. The van der Waals surface area contributed by atoms with E-state index in [1.807, 2.05) is 62.4 Å². The maximum atomic E-state index is 12.7. The minimum atomic E-state index is -0.527. The number of nitrogens with zero attached hydrogens (tertiary/aromatic N) is 2. The minimum absolute atomic E-state index is 0.0282. The van der Waals surface area contributed by atoms with Crippen LogP contribution in [0.3, 0.4) is 0 Å². The predicted molar refractivity (Wildman–Crippen MR) is 193 cm³/mol. The molecule has 264 valence electrons. The van der Waals surface area contributed by atoms with Gasteiger partial charge in [0.1, 0.15) is 5.15 Å². The summed E-state index contributed by atoms with van der Waals surface area (Å²) in [6, 6.07) is 18.8. The van der Waals surface area contributed by atoms with Gasteiger partial charge in [-0.2, -0.15) is 0 Å². The van der Waals surface area contributed by atoms with E-state index in [1.165, 1.54) is 25.4 Å². The highest BCUT2D eigenvalue weighted by molar-refractivity contribution is 9.10. The summed E-state index contributed by atoms with van der Waals surface area (Å²) in [5.74, 6) is -1.17. The van der Waals surface area contributed by atoms with Crippen LogP contribution in [0.5, 0.6) is 5.88 Å². The summed E-state index contributed by atoms with van der Waals surface area (Å²) >= 11 is 9.23. The summed E-state index contributed by atoms with van der Waals surface area (Å²) in [4.78, 5) is 57.0. The summed E-state index contributed by atoms with van der Waals surface area (Å²) in [5, 5.41) is 5.93. The molecule has 0 aliphatic carbocycles. The van der Waals surface area contributed by atoms with E-state index in [4.69, 9.17) is 25.8 Å². The lowest BCUT2D eigenvalue weighted by molar-refractivity contribution is -0.144. The molecule has 50 heavy (non-hydrogen) atoms. The third-order valence-corrected chi connectivity index (χ3v) is 7.93. The summed E-state index contributed by atoms with van der Waals surface area (Å²) in [5.41, 5.74) is 4.42. The van der Waals surface area contributed by atoms with Gasteiger partial charge in [-0.25, -0.2) is 4.98 Å². The molecule has 0 fully saturated rings. The number of ether oxygens (including phenoxy) is 3. The van der Waals surface area contributed by atoms with Crippen molar-refractivity contribution in [2.45, 2.75) is 52.6 Å². The molecule has 0 bridgehead atoms. The average molecular weight is 768 g/mol. The Hall–Kier alpha value is -4.81. The van der Waals surface area contributed by atoms with Crippen molar-refractivity contribution in [1.29, 1.82) is 0 Å². The molecule has 0 saturated heterocycles. The Bertz CT molecular complexity index is 1790. The molecule has 2 atom stereocenters. The van der Waals surface area contributed by atoms with Gasteiger partial charge in [0.25, 0.3) is 11.8 Å². The quantitative estimate of drug-likeness (QED) is 0.108. The Morgan fingerprint density at radius 1 is 0.760 bits per heavy atom. The molecule has 0 saturated carbocycles. The lowest BCUT2D eigenvalue weighted by Crippen LogP contribution is -2.31. The fourth-order valence-corrected chi connectivity index (χ4v) is 5.50. The second kappa shape index (κ2) is 20.0. The number of hydrogen-bond donors (Lipinski definition) is 2. The van der Waals surface area contributed by atoms with E-state index < -0.39 is 12.1 Å². The molecule has 13 heteroatoms. The third kappa shape index (κ3) is 12.3. The summed E-state index contributed by atoms with van der Waals surface area (Å²) in [7, 11) is 1.44. The zero-order valence-electron chi connectivity index (χ0n) is 28.5. The van der Waals surface area contributed by atoms with E-state index in [1.54, 1.807) is 26.1 Å². The molecular formula is C37H40BrClN4O7. The summed E-state index contributed by atoms with van der Waals surface area (Å²) in [6.07, 6.45) is 3.19. The third-order valence-electron chi connectivity index (χ3n) is 7.30. The molecule has 2 aromatic heterocycles. The van der Waals surface area contributed by atoms with E-state index in [0.29, 0.717) is 22.2 Å². The van der Waals surface area contributed by atoms with Crippen LogP contribution in [0.1, 0.15) is 81.7 Å². The number of hydrogen-bond acceptors (Lipinski definition) is 9. The van der Waals surface area contributed by atoms with Crippen LogP contribution < -0.4 is 15.4 Å². The van der Waals surface area contributed by atoms with Gasteiger partial charge in [0, 0.05) is 28.5 Å². The Morgan fingerprint density at radius 3 is 1.72 bits per heavy atom. The Morgan fingerprint density at radius 2 is 1.26 bits per heavy atom. The van der Waals surface area contributed by atoms with Gasteiger partial charge in [-0.3, -0.25) is 24.2 Å². The van der Waals surface area contributed by atoms with Crippen molar-refractivity contribution in [3.8, 4) is 5.88 Å². The first kappa shape index (κ1) is 39.6. The van der Waals surface area contributed by atoms with Crippen molar-refractivity contribution >= 4 is 51.3 Å². The maximum absolute atomic E-state index is 12.7. The summed E-state index contributed by atoms with van der Waals surface area (Å²) < 4.78 is 15.8. The van der Waals surface area contributed by atoms with Gasteiger partial charge in [-0.15, -0.1) is 0 Å². The topological polar surface area (TPSA) is 146 Å². The zero-order valence-corrected chi connectivity index (χ0v) is 30.8. The first-order valence-electron chi connectivity index (χ1n) is 15.8. The predicted octanol–water partition coefficient (Wildman–Crippen LogP) is 7.05. The van der Waals surface area contributed by atoms with E-state index in [-0.39, 0.29) is 54.2 Å². The van der Waals surface area contributed by atoms with Gasteiger partial charge >= 0.3 is 11.9 Å². The van der Waals surface area contributed by atoms with Gasteiger partial charge in [0.15, 0.2) is 0 Å². The Kier molecular flexibility index (Phi) is 15.9. The molecule has 4 aromatic rings. The number of halogens is 2. The van der Waals surface area contributed by atoms with E-state index in [9.17, 15) is 19.2 Å². The second-order valence-electron chi connectivity index (χ2n) is 10.9. The standard InChI is InChI=1S/C19H21ClN2O4.C18H19BrN2O3/c1-4-26-18(23)11-15(14-8-6-5-7-12(14)2)21-19(24)13-9-16(20)22-17(10-13)25-3;1-3-24-17(22)9-16(15-7-5-4-6-12(15)2)21-18(23)13-8-14(19)11-20-10-13/h5-10,15H,4,11H2,1-3H3,(H,21,24);4-8,10-11,16H,3,9H2,1-2H3,(H,21,23)/t15-;16-/m00/s1. The smallest absolute Gasteiger partial charge is 0.308 e. The van der Waals surface area contributed by atoms with Crippen LogP contribution in [-0.4, -0.2) is 54.0 Å². The van der Waals surface area contributed by atoms with Crippen molar-refractivity contribution in [2.75, 3.05) is 20.3 Å². The SMILES string of the molecule is CCOC(=O)C[C@H](NC(=O)c1cc(Cl)nc(OC)c1)c1ccccc1C.CCOC(=O)C[C@H](NC(=O)c1cncc(Br)c1)c1ccccc1C. The first-order valence-corrected chi connectivity index (χ1v) is 17.0. The van der Waals surface area contributed by atoms with Gasteiger partial charge in [0.2, 0.25) is 5.88 Å². The molecule has 4 rings (SSSR count). The maximum Gasteiger partial charge on any atom is 0.308 e. The fourth-order valence-electron chi connectivity index (χ4n) is 4.93. The number of pyridine rings is 2. The van der Waals surface area contributed by atoms with Gasteiger partial charge in [0.05, 0.1) is 50.8 Å². The highest BCUT2D eigenvalue weighted by atomic mass is 79.9. The van der Waals surface area contributed by atoms with Crippen molar-refractivity contribution < 1.29 is 33.4 Å². The number of nitrogens with one attached hydrogen (secondary N) is 2. The lowest BCUT2D eigenvalue weighted by Gasteiger charge is -2.20. The molecule has 0 aliphatic heterocycles. The van der Waals surface area contributed by atoms with Gasteiger partial charge in [-0.05, 0) is 78.0 Å². The number of rotatable bonds is 13. The molecule has 2 aromatic carbocycles. The number of aryl methyl sites for hydroxylation is 2. The fraction of sp³-hybridized carbons (Fsp3) is 0.297. The van der Waals surface area contributed by atoms with Crippen LogP contribution in [-0.2, 0) is 19.1 Å². The number of carbonyl (C=O) groups excluding carboxylic acids is 4. The van der Waals surface area contributed by atoms with Crippen LogP contribution in [0, 0.1) is 13.8 Å². The Balaban J connectivity index is 0.000000271. The number of amides is 2. The van der Waals surface area contributed by atoms with Crippen molar-refractivity contribution in [2.24, 2.45) is 0 Å². The number of methoxy groups -OCH3 is 1. The monoisotopic (exact) mass is 766 g/mol. The average Bonchev–Trinajstić information content (AvgIpc) is 3.08. The van der Waals surface area contributed by atoms with E-state index in [2.05, 4.69) is 36.5 Å². The largest absolute Gasteiger partial charge is 0.481 e. The highest BCUT2D eigenvalue weighted by Gasteiger charge is 2.23. The molecule has 11 nitrogen and oxygen atoms in total. The molecule has 0 unspecified atom stereocenters. The van der Waals surface area contributed by atoms with Crippen LogP contribution in [0.15, 0.2) is 83.6 Å². The number of esters is 2. The molecule has 2 amide bonds. The van der Waals surface area contributed by atoms with Gasteiger partial charge < -0.3 is 24.8 Å².